The molecule has 2 nitrogen and oxygen atoms in total. The Morgan fingerprint density at radius 2 is 2.07 bits per heavy atom. The molecule has 0 amide bonds. The van der Waals surface area contributed by atoms with Crippen molar-refractivity contribution in [3.8, 4) is 0 Å². The van der Waals surface area contributed by atoms with Gasteiger partial charge in [0, 0.05) is 11.8 Å². The fraction of sp³-hybridized carbons (Fsp3) is 0.583. The Balaban J connectivity index is 2.58. The van der Waals surface area contributed by atoms with E-state index in [0.29, 0.717) is 12.0 Å². The first-order valence-corrected chi connectivity index (χ1v) is 5.17. The van der Waals surface area contributed by atoms with Crippen LogP contribution in [0.15, 0.2) is 18.5 Å². The Morgan fingerprint density at radius 3 is 2.60 bits per heavy atom. The zero-order valence-corrected chi connectivity index (χ0v) is 9.50. The van der Waals surface area contributed by atoms with Gasteiger partial charge in [-0.25, -0.2) is 4.39 Å². The summed E-state index contributed by atoms with van der Waals surface area (Å²) in [4.78, 5) is 3.71. The number of halogens is 1. The fourth-order valence-electron chi connectivity index (χ4n) is 1.35. The zero-order chi connectivity index (χ0) is 11.5. The lowest BCUT2D eigenvalue weighted by Gasteiger charge is -2.20. The SMILES string of the molecule is CC(C)(C)CC[C@H](O)c1cncc(F)c1. The summed E-state index contributed by atoms with van der Waals surface area (Å²) in [6.45, 7) is 6.34. The Hall–Kier alpha value is -0.960. The number of rotatable bonds is 3. The first kappa shape index (κ1) is 12.1. The van der Waals surface area contributed by atoms with Gasteiger partial charge in [0.15, 0.2) is 0 Å². The fourth-order valence-corrected chi connectivity index (χ4v) is 1.35. The van der Waals surface area contributed by atoms with Gasteiger partial charge in [-0.1, -0.05) is 20.8 Å². The molecule has 0 radical (unpaired) electrons. The van der Waals surface area contributed by atoms with E-state index in [1.165, 1.54) is 12.3 Å². The van der Waals surface area contributed by atoms with E-state index in [9.17, 15) is 9.50 Å². The summed E-state index contributed by atoms with van der Waals surface area (Å²) < 4.78 is 12.8. The van der Waals surface area contributed by atoms with E-state index in [2.05, 4.69) is 25.8 Å². The molecule has 0 aromatic carbocycles. The van der Waals surface area contributed by atoms with E-state index in [-0.39, 0.29) is 5.41 Å². The second kappa shape index (κ2) is 4.71. The molecule has 1 N–H and O–H groups in total. The predicted octanol–water partition coefficient (Wildman–Crippen LogP) is 3.08. The molecule has 0 spiro atoms. The third-order valence-electron chi connectivity index (χ3n) is 2.28. The van der Waals surface area contributed by atoms with Crippen molar-refractivity contribution in [1.82, 2.24) is 4.98 Å². The first-order chi connectivity index (χ1) is 6.88. The summed E-state index contributed by atoms with van der Waals surface area (Å²) in [6.07, 6.45) is 3.56. The molecule has 1 atom stereocenters. The van der Waals surface area contributed by atoms with Crippen molar-refractivity contribution in [2.45, 2.75) is 39.7 Å². The highest BCUT2D eigenvalue weighted by Gasteiger charge is 2.15. The number of aliphatic hydroxyl groups is 1. The molecule has 0 unspecified atom stereocenters. The van der Waals surface area contributed by atoms with Crippen LogP contribution in [0.1, 0.15) is 45.3 Å². The van der Waals surface area contributed by atoms with Crippen molar-refractivity contribution in [1.29, 1.82) is 0 Å². The monoisotopic (exact) mass is 211 g/mol. The third-order valence-corrected chi connectivity index (χ3v) is 2.28. The Labute approximate surface area is 90.2 Å². The molecular formula is C12H18FNO. The molecular weight excluding hydrogens is 193 g/mol. The first-order valence-electron chi connectivity index (χ1n) is 5.17. The van der Waals surface area contributed by atoms with Gasteiger partial charge in [0.2, 0.25) is 0 Å². The smallest absolute Gasteiger partial charge is 0.141 e. The standard InChI is InChI=1S/C12H18FNO/c1-12(2,3)5-4-11(15)9-6-10(13)8-14-7-9/h6-8,11,15H,4-5H2,1-3H3/t11-/m0/s1. The summed E-state index contributed by atoms with van der Waals surface area (Å²) in [6, 6.07) is 1.33. The second-order valence-electron chi connectivity index (χ2n) is 5.05. The summed E-state index contributed by atoms with van der Waals surface area (Å²) in [7, 11) is 0. The average molecular weight is 211 g/mol. The average Bonchev–Trinajstić information content (AvgIpc) is 2.13. The third kappa shape index (κ3) is 4.38. The van der Waals surface area contributed by atoms with Gasteiger partial charge in [-0.3, -0.25) is 4.98 Å². The molecule has 3 heteroatoms. The molecule has 0 fully saturated rings. The van der Waals surface area contributed by atoms with E-state index >= 15 is 0 Å². The summed E-state index contributed by atoms with van der Waals surface area (Å²) in [5.74, 6) is -0.401. The Bertz CT molecular complexity index is 320. The molecule has 0 saturated carbocycles. The summed E-state index contributed by atoms with van der Waals surface area (Å²) in [5.41, 5.74) is 0.737. The molecule has 0 aliphatic heterocycles. The van der Waals surface area contributed by atoms with Crippen molar-refractivity contribution < 1.29 is 9.50 Å². The summed E-state index contributed by atoms with van der Waals surface area (Å²) >= 11 is 0. The van der Waals surface area contributed by atoms with E-state index in [4.69, 9.17) is 0 Å². The lowest BCUT2D eigenvalue weighted by atomic mass is 9.88. The molecule has 0 bridgehead atoms. The van der Waals surface area contributed by atoms with Crippen molar-refractivity contribution in [2.24, 2.45) is 5.41 Å². The Kier molecular flexibility index (Phi) is 3.80. The van der Waals surface area contributed by atoms with Crippen molar-refractivity contribution in [2.75, 3.05) is 0 Å². The lowest BCUT2D eigenvalue weighted by Crippen LogP contribution is -2.08. The van der Waals surface area contributed by atoms with Gasteiger partial charge in [-0.2, -0.15) is 0 Å². The number of aromatic nitrogens is 1. The highest BCUT2D eigenvalue weighted by Crippen LogP contribution is 2.27. The molecule has 0 aliphatic carbocycles. The van der Waals surface area contributed by atoms with E-state index in [1.54, 1.807) is 0 Å². The van der Waals surface area contributed by atoms with Gasteiger partial charge in [-0.05, 0) is 24.3 Å². The predicted molar refractivity (Wildman–Crippen MR) is 57.8 cm³/mol. The number of hydrogen-bond donors (Lipinski definition) is 1. The van der Waals surface area contributed by atoms with Crippen LogP contribution in [0.4, 0.5) is 4.39 Å². The number of hydrogen-bond acceptors (Lipinski definition) is 2. The largest absolute Gasteiger partial charge is 0.388 e. The van der Waals surface area contributed by atoms with Crippen LogP contribution in [0, 0.1) is 11.2 Å². The van der Waals surface area contributed by atoms with Crippen LogP contribution in [0.5, 0.6) is 0 Å². The van der Waals surface area contributed by atoms with Crippen LogP contribution in [0.25, 0.3) is 0 Å². The quantitative estimate of drug-likeness (QED) is 0.833. The summed E-state index contributed by atoms with van der Waals surface area (Å²) in [5, 5.41) is 9.80. The Morgan fingerprint density at radius 1 is 1.40 bits per heavy atom. The second-order valence-corrected chi connectivity index (χ2v) is 5.05. The maximum absolute atomic E-state index is 12.8. The zero-order valence-electron chi connectivity index (χ0n) is 9.50. The van der Waals surface area contributed by atoms with Crippen LogP contribution in [0.3, 0.4) is 0 Å². The molecule has 0 aliphatic rings. The van der Waals surface area contributed by atoms with Gasteiger partial charge in [0.1, 0.15) is 5.82 Å². The van der Waals surface area contributed by atoms with Gasteiger partial charge in [-0.15, -0.1) is 0 Å². The van der Waals surface area contributed by atoms with E-state index in [0.717, 1.165) is 12.6 Å². The van der Waals surface area contributed by atoms with Gasteiger partial charge in [0.25, 0.3) is 0 Å². The molecule has 1 aromatic heterocycles. The number of pyridine rings is 1. The molecule has 1 heterocycles. The van der Waals surface area contributed by atoms with E-state index in [1.807, 2.05) is 0 Å². The molecule has 1 aromatic rings. The maximum atomic E-state index is 12.8. The van der Waals surface area contributed by atoms with Crippen molar-refractivity contribution in [3.05, 3.63) is 29.8 Å². The highest BCUT2D eigenvalue weighted by atomic mass is 19.1. The lowest BCUT2D eigenvalue weighted by molar-refractivity contribution is 0.147. The van der Waals surface area contributed by atoms with Crippen LogP contribution in [0.2, 0.25) is 0 Å². The minimum atomic E-state index is -0.618. The highest BCUT2D eigenvalue weighted by molar-refractivity contribution is 5.13. The minimum Gasteiger partial charge on any atom is -0.388 e. The number of aliphatic hydroxyl groups excluding tert-OH is 1. The minimum absolute atomic E-state index is 0.182. The van der Waals surface area contributed by atoms with E-state index < -0.39 is 11.9 Å². The van der Waals surface area contributed by atoms with Crippen molar-refractivity contribution in [3.63, 3.8) is 0 Å². The normalized spacial score (nSPS) is 13.9. The van der Waals surface area contributed by atoms with Crippen LogP contribution in [-0.4, -0.2) is 10.1 Å². The van der Waals surface area contributed by atoms with Gasteiger partial charge in [0.05, 0.1) is 12.3 Å². The van der Waals surface area contributed by atoms with Gasteiger partial charge < -0.3 is 5.11 Å². The van der Waals surface area contributed by atoms with Crippen LogP contribution >= 0.6 is 0 Å². The molecule has 0 saturated heterocycles. The maximum Gasteiger partial charge on any atom is 0.141 e. The molecule has 1 rings (SSSR count). The number of nitrogens with zero attached hydrogens (tertiary/aromatic N) is 1. The van der Waals surface area contributed by atoms with Crippen LogP contribution in [-0.2, 0) is 0 Å². The molecule has 84 valence electrons. The topological polar surface area (TPSA) is 33.1 Å². The van der Waals surface area contributed by atoms with Gasteiger partial charge >= 0.3 is 0 Å². The van der Waals surface area contributed by atoms with Crippen LogP contribution < -0.4 is 0 Å². The van der Waals surface area contributed by atoms with Crippen molar-refractivity contribution >= 4 is 0 Å². The molecule has 15 heavy (non-hydrogen) atoms.